The number of carbonyl (C=O) groups is 2. The Balaban J connectivity index is -0.00000364. The van der Waals surface area contributed by atoms with Crippen LogP contribution in [0.5, 0.6) is 0 Å². The molecule has 0 radical (unpaired) electrons. The van der Waals surface area contributed by atoms with Crippen LogP contribution in [0.4, 0.5) is 0 Å². The molecular formula is C20H36K2O7S. The fourth-order valence-corrected chi connectivity index (χ4v) is 5.22. The average Bonchev–Trinajstić information content (AvgIpc) is 2.59. The van der Waals surface area contributed by atoms with Crippen molar-refractivity contribution in [1.29, 1.82) is 0 Å². The summed E-state index contributed by atoms with van der Waals surface area (Å²) >= 11 is 0. The molecule has 1 N–H and O–H groups in total. The molecule has 0 aromatic carbocycles. The zero-order valence-electron chi connectivity index (χ0n) is 19.6. The summed E-state index contributed by atoms with van der Waals surface area (Å²) in [6.45, 7) is 7.68. The Morgan fingerprint density at radius 2 is 1.23 bits per heavy atom. The first-order valence-corrected chi connectivity index (χ1v) is 11.9. The van der Waals surface area contributed by atoms with Crippen molar-refractivity contribution in [1.82, 2.24) is 0 Å². The van der Waals surface area contributed by atoms with Gasteiger partial charge in [-0.15, -0.1) is 0 Å². The fraction of sp³-hybridized carbons (Fsp3) is 0.900. The van der Waals surface area contributed by atoms with Crippen LogP contribution in [0.3, 0.4) is 0 Å². The third-order valence-electron chi connectivity index (χ3n) is 5.81. The normalized spacial score (nSPS) is 16.3. The van der Waals surface area contributed by atoms with E-state index in [-0.39, 0.29) is 127 Å². The van der Waals surface area contributed by atoms with E-state index < -0.39 is 32.7 Å². The van der Waals surface area contributed by atoms with Gasteiger partial charge in [0.05, 0.1) is 5.97 Å². The Labute approximate surface area is 267 Å². The standard InChI is InChI=1S/C20H38O7S.2K/c1-5-9-11-15(7-3)13-20(19(23)24,14-16(8-4)12-10-6-2)17(18(21)22)28(25,26)27;;/h15-17H,5-14H2,1-4H3,(H,21,22)(H,23,24)(H,25,26,27);;/q;2*+1/p-2. The van der Waals surface area contributed by atoms with Crippen LogP contribution in [0.2, 0.25) is 0 Å². The summed E-state index contributed by atoms with van der Waals surface area (Å²) in [6.07, 6.45) is 5.50. The van der Waals surface area contributed by atoms with Gasteiger partial charge in [0, 0.05) is 11.4 Å². The summed E-state index contributed by atoms with van der Waals surface area (Å²) in [5.41, 5.74) is -2.23. The summed E-state index contributed by atoms with van der Waals surface area (Å²) < 4.78 is 33.5. The predicted octanol–water partition coefficient (Wildman–Crippen LogP) is -4.05. The minimum absolute atomic E-state index is 0. The van der Waals surface area contributed by atoms with Crippen molar-refractivity contribution in [3.8, 4) is 0 Å². The Morgan fingerprint density at radius 1 is 0.867 bits per heavy atom. The molecule has 166 valence electrons. The van der Waals surface area contributed by atoms with Crippen molar-refractivity contribution < 1.29 is 136 Å². The van der Waals surface area contributed by atoms with E-state index in [1.54, 1.807) is 0 Å². The molecule has 7 nitrogen and oxygen atoms in total. The van der Waals surface area contributed by atoms with Crippen molar-refractivity contribution in [2.45, 2.75) is 97.2 Å². The molecule has 0 spiro atoms. The molecule has 0 saturated heterocycles. The van der Waals surface area contributed by atoms with Gasteiger partial charge in [-0.3, -0.25) is 4.55 Å². The first kappa shape index (κ1) is 36.7. The van der Waals surface area contributed by atoms with Gasteiger partial charge < -0.3 is 19.8 Å². The first-order chi connectivity index (χ1) is 13.0. The second-order valence-corrected chi connectivity index (χ2v) is 9.40. The summed E-state index contributed by atoms with van der Waals surface area (Å²) in [5, 5.41) is 21.5. The molecule has 0 rings (SSSR count). The minimum atomic E-state index is -5.20. The van der Waals surface area contributed by atoms with Crippen LogP contribution in [-0.2, 0) is 19.7 Å². The van der Waals surface area contributed by atoms with E-state index in [0.29, 0.717) is 25.7 Å². The third-order valence-corrected chi connectivity index (χ3v) is 7.05. The van der Waals surface area contributed by atoms with Crippen molar-refractivity contribution in [2.24, 2.45) is 17.3 Å². The van der Waals surface area contributed by atoms with Crippen molar-refractivity contribution in [2.75, 3.05) is 0 Å². The number of rotatable bonds is 16. The fourth-order valence-electron chi connectivity index (χ4n) is 4.12. The molecule has 0 aromatic rings. The molecule has 0 heterocycles. The molecule has 0 saturated carbocycles. The average molecular weight is 499 g/mol. The zero-order valence-corrected chi connectivity index (χ0v) is 26.7. The quantitative estimate of drug-likeness (QED) is 0.169. The summed E-state index contributed by atoms with van der Waals surface area (Å²) in [4.78, 5) is 24.0. The van der Waals surface area contributed by atoms with E-state index in [4.69, 9.17) is 0 Å². The molecule has 0 aliphatic heterocycles. The SMILES string of the molecule is CCCCC(CC)CC(CC(CC)CCCC)(C(=O)[O-])C(C(=O)[O-])S(=O)(=O)O.[K+].[K+]. The van der Waals surface area contributed by atoms with Gasteiger partial charge in [-0.1, -0.05) is 79.1 Å². The second-order valence-electron chi connectivity index (χ2n) is 7.90. The van der Waals surface area contributed by atoms with E-state index in [2.05, 4.69) is 0 Å². The number of carboxylic acids is 2. The zero-order chi connectivity index (χ0) is 22.0. The van der Waals surface area contributed by atoms with E-state index in [9.17, 15) is 32.8 Å². The van der Waals surface area contributed by atoms with Crippen LogP contribution in [0.15, 0.2) is 0 Å². The van der Waals surface area contributed by atoms with Crippen molar-refractivity contribution >= 4 is 22.1 Å². The van der Waals surface area contributed by atoms with Gasteiger partial charge in [-0.05, 0) is 24.7 Å². The number of carbonyl (C=O) groups excluding carboxylic acids is 2. The molecule has 3 atom stereocenters. The molecule has 3 unspecified atom stereocenters. The Bertz CT molecular complexity index is 578. The Kier molecular flexibility index (Phi) is 22.6. The van der Waals surface area contributed by atoms with Gasteiger partial charge in [-0.2, -0.15) is 8.42 Å². The van der Waals surface area contributed by atoms with Crippen molar-refractivity contribution in [3.63, 3.8) is 0 Å². The molecule has 0 amide bonds. The maximum atomic E-state index is 12.3. The van der Waals surface area contributed by atoms with Gasteiger partial charge in [0.2, 0.25) is 0 Å². The Hall–Kier alpha value is 2.12. The number of aliphatic carboxylic acids is 2. The van der Waals surface area contributed by atoms with E-state index in [0.717, 1.165) is 25.7 Å². The van der Waals surface area contributed by atoms with Gasteiger partial charge in [-0.25, -0.2) is 0 Å². The summed E-state index contributed by atoms with van der Waals surface area (Å²) in [6, 6.07) is 0. The molecule has 30 heavy (non-hydrogen) atoms. The van der Waals surface area contributed by atoms with E-state index in [1.165, 1.54) is 0 Å². The van der Waals surface area contributed by atoms with E-state index >= 15 is 0 Å². The minimum Gasteiger partial charge on any atom is -0.549 e. The second kappa shape index (κ2) is 18.5. The van der Waals surface area contributed by atoms with Gasteiger partial charge in [0.15, 0.2) is 0 Å². The van der Waals surface area contributed by atoms with Crippen molar-refractivity contribution in [3.05, 3.63) is 0 Å². The first-order valence-electron chi connectivity index (χ1n) is 10.4. The third kappa shape index (κ3) is 12.0. The largest absolute Gasteiger partial charge is 1.00 e. The van der Waals surface area contributed by atoms with Crippen LogP contribution in [-0.4, -0.2) is 30.2 Å². The number of hydrogen-bond donors (Lipinski definition) is 1. The molecule has 0 aromatic heterocycles. The molecule has 0 bridgehead atoms. The summed E-state index contributed by atoms with van der Waals surface area (Å²) in [5.74, 6) is -4.22. The topological polar surface area (TPSA) is 135 Å². The number of carboxylic acid groups (broad SMARTS) is 2. The van der Waals surface area contributed by atoms with Crippen LogP contribution in [0.1, 0.15) is 91.9 Å². The molecule has 10 heteroatoms. The predicted molar refractivity (Wildman–Crippen MR) is 104 cm³/mol. The molecule has 0 fully saturated rings. The summed E-state index contributed by atoms with van der Waals surface area (Å²) in [7, 11) is -5.20. The smallest absolute Gasteiger partial charge is 0.549 e. The van der Waals surface area contributed by atoms with Gasteiger partial charge in [0.1, 0.15) is 5.25 Å². The maximum absolute atomic E-state index is 12.3. The van der Waals surface area contributed by atoms with Crippen LogP contribution in [0.25, 0.3) is 0 Å². The number of hydrogen-bond acceptors (Lipinski definition) is 6. The van der Waals surface area contributed by atoms with Crippen LogP contribution < -0.4 is 113 Å². The van der Waals surface area contributed by atoms with Gasteiger partial charge >= 0.3 is 103 Å². The monoisotopic (exact) mass is 498 g/mol. The molecule has 0 aliphatic rings. The van der Waals surface area contributed by atoms with E-state index in [1.807, 2.05) is 27.7 Å². The maximum Gasteiger partial charge on any atom is 1.00 e. The Morgan fingerprint density at radius 3 is 1.43 bits per heavy atom. The molecular weight excluding hydrogens is 462 g/mol. The van der Waals surface area contributed by atoms with Crippen LogP contribution >= 0.6 is 0 Å². The van der Waals surface area contributed by atoms with Crippen LogP contribution in [0, 0.1) is 17.3 Å². The number of unbranched alkanes of at least 4 members (excludes halogenated alkanes) is 2. The molecule has 0 aliphatic carbocycles. The van der Waals surface area contributed by atoms with Gasteiger partial charge in [0.25, 0.3) is 10.1 Å².